The number of carbonyl (C=O) groups excluding carboxylic acids is 3. The maximum absolute atomic E-state index is 13.4. The number of nitrogens with one attached hydrogen (secondary N) is 2. The van der Waals surface area contributed by atoms with E-state index in [4.69, 9.17) is 0 Å². The summed E-state index contributed by atoms with van der Waals surface area (Å²) in [4.78, 5) is 44.0. The lowest BCUT2D eigenvalue weighted by Gasteiger charge is -2.28. The summed E-state index contributed by atoms with van der Waals surface area (Å²) in [6.07, 6.45) is 1.25. The van der Waals surface area contributed by atoms with Gasteiger partial charge in [0.1, 0.15) is 0 Å². The second kappa shape index (κ2) is 12.5. The number of hydrogen-bond donors (Lipinski definition) is 2. The van der Waals surface area contributed by atoms with E-state index in [-0.39, 0.29) is 29.8 Å². The molecule has 1 aromatic carbocycles. The highest BCUT2D eigenvalue weighted by molar-refractivity contribution is 6.02. The van der Waals surface area contributed by atoms with E-state index >= 15 is 0 Å². The minimum absolute atomic E-state index is 0.0468. The Balaban J connectivity index is 2.29. The zero-order valence-electron chi connectivity index (χ0n) is 21.1. The van der Waals surface area contributed by atoms with Crippen molar-refractivity contribution in [1.29, 1.82) is 0 Å². The molecule has 1 aliphatic rings. The summed E-state index contributed by atoms with van der Waals surface area (Å²) in [6.45, 7) is 15.7. The average Bonchev–Trinajstić information content (AvgIpc) is 2.99. The molecule has 1 heterocycles. The van der Waals surface area contributed by atoms with Crippen molar-refractivity contribution in [3.8, 4) is 0 Å². The Morgan fingerprint density at radius 2 is 1.70 bits per heavy atom. The first-order chi connectivity index (χ1) is 15.7. The molecule has 0 bridgehead atoms. The summed E-state index contributed by atoms with van der Waals surface area (Å²) in [5.74, 6) is 0.156. The van der Waals surface area contributed by atoms with Crippen LogP contribution in [0.1, 0.15) is 64.7 Å². The van der Waals surface area contributed by atoms with Crippen molar-refractivity contribution in [3.05, 3.63) is 23.8 Å². The Kier molecular flexibility index (Phi) is 10.0. The minimum atomic E-state index is -0.0550. The second-order valence-electron chi connectivity index (χ2n) is 9.29. The van der Waals surface area contributed by atoms with Gasteiger partial charge in [0.2, 0.25) is 5.91 Å². The van der Waals surface area contributed by atoms with Crippen LogP contribution in [-0.2, 0) is 4.79 Å². The van der Waals surface area contributed by atoms with Crippen molar-refractivity contribution in [2.45, 2.75) is 60.4 Å². The van der Waals surface area contributed by atoms with Crippen LogP contribution in [0.3, 0.4) is 0 Å². The first-order valence-electron chi connectivity index (χ1n) is 12.2. The fourth-order valence-electron chi connectivity index (χ4n) is 4.02. The van der Waals surface area contributed by atoms with E-state index in [1.165, 1.54) is 0 Å². The summed E-state index contributed by atoms with van der Waals surface area (Å²) < 4.78 is 0. The van der Waals surface area contributed by atoms with Gasteiger partial charge < -0.3 is 25.3 Å². The third-order valence-electron chi connectivity index (χ3n) is 5.69. The normalized spacial score (nSPS) is 14.3. The van der Waals surface area contributed by atoms with Gasteiger partial charge in [0.05, 0.1) is 5.56 Å². The molecule has 4 amide bonds. The molecule has 1 saturated heterocycles. The van der Waals surface area contributed by atoms with Gasteiger partial charge in [-0.15, -0.1) is 0 Å². The molecule has 1 fully saturated rings. The van der Waals surface area contributed by atoms with Crippen LogP contribution in [0, 0.1) is 5.92 Å². The zero-order valence-corrected chi connectivity index (χ0v) is 21.1. The molecule has 0 spiro atoms. The van der Waals surface area contributed by atoms with Crippen molar-refractivity contribution in [2.24, 2.45) is 5.92 Å². The van der Waals surface area contributed by atoms with Crippen LogP contribution in [0.4, 0.5) is 16.2 Å². The van der Waals surface area contributed by atoms with Crippen LogP contribution in [0.5, 0.6) is 0 Å². The summed E-state index contributed by atoms with van der Waals surface area (Å²) in [6, 6.07) is 5.62. The second-order valence-corrected chi connectivity index (χ2v) is 9.29. The lowest BCUT2D eigenvalue weighted by atomic mass is 10.1. The van der Waals surface area contributed by atoms with Crippen LogP contribution in [0.15, 0.2) is 18.2 Å². The van der Waals surface area contributed by atoms with Gasteiger partial charge in [0, 0.05) is 63.1 Å². The van der Waals surface area contributed by atoms with E-state index in [1.54, 1.807) is 11.0 Å². The molecule has 0 unspecified atom stereocenters. The van der Waals surface area contributed by atoms with Gasteiger partial charge >= 0.3 is 6.03 Å². The number of hydrogen-bond acceptors (Lipinski definition) is 4. The predicted molar refractivity (Wildman–Crippen MR) is 134 cm³/mol. The molecule has 184 valence electrons. The maximum Gasteiger partial charge on any atom is 0.317 e. The first kappa shape index (κ1) is 26.5. The van der Waals surface area contributed by atoms with E-state index in [0.717, 1.165) is 18.7 Å². The van der Waals surface area contributed by atoms with Crippen LogP contribution >= 0.6 is 0 Å². The number of nitrogens with zero attached hydrogens (tertiary/aromatic N) is 3. The zero-order chi connectivity index (χ0) is 24.5. The highest BCUT2D eigenvalue weighted by atomic mass is 16.2. The van der Waals surface area contributed by atoms with Gasteiger partial charge in [0.15, 0.2) is 0 Å². The van der Waals surface area contributed by atoms with Crippen LogP contribution in [0.25, 0.3) is 0 Å². The molecule has 2 rings (SSSR count). The number of anilines is 2. The molecular formula is C25H41N5O3. The molecule has 0 saturated carbocycles. The lowest BCUT2D eigenvalue weighted by Crippen LogP contribution is -2.44. The summed E-state index contributed by atoms with van der Waals surface area (Å²) in [5.41, 5.74) is 2.06. The third-order valence-corrected chi connectivity index (χ3v) is 5.69. The largest absolute Gasteiger partial charge is 0.369 e. The predicted octanol–water partition coefficient (Wildman–Crippen LogP) is 3.78. The average molecular weight is 460 g/mol. The highest BCUT2D eigenvalue weighted by Gasteiger charge is 2.25. The van der Waals surface area contributed by atoms with Crippen molar-refractivity contribution >= 4 is 29.2 Å². The fourth-order valence-corrected chi connectivity index (χ4v) is 4.02. The standard InChI is InChI=1S/C25H41N5O3/c1-7-28(8-2)24(32)21-17-20(27-23(31)16-18(3)4)10-11-22(21)29-12-9-13-30(15-14-29)25(33)26-19(5)6/h10-11,17-19H,7-9,12-16H2,1-6H3,(H,26,33)(H,27,31). The van der Waals surface area contributed by atoms with Crippen LogP contribution < -0.4 is 15.5 Å². The van der Waals surface area contributed by atoms with Gasteiger partial charge in [0.25, 0.3) is 5.91 Å². The minimum Gasteiger partial charge on any atom is -0.369 e. The molecule has 8 nitrogen and oxygen atoms in total. The topological polar surface area (TPSA) is 85.0 Å². The highest BCUT2D eigenvalue weighted by Crippen LogP contribution is 2.27. The SMILES string of the molecule is CCN(CC)C(=O)c1cc(NC(=O)CC(C)C)ccc1N1CCCN(C(=O)NC(C)C)CC1. The Labute approximate surface area is 198 Å². The number of rotatable bonds is 8. The third kappa shape index (κ3) is 7.65. The fraction of sp³-hybridized carbons (Fsp3) is 0.640. The van der Waals surface area contributed by atoms with Crippen molar-refractivity contribution < 1.29 is 14.4 Å². The van der Waals surface area contributed by atoms with Gasteiger partial charge in [-0.05, 0) is 58.2 Å². The van der Waals surface area contributed by atoms with E-state index in [9.17, 15) is 14.4 Å². The van der Waals surface area contributed by atoms with Gasteiger partial charge in [-0.3, -0.25) is 9.59 Å². The number of benzene rings is 1. The molecule has 1 aromatic rings. The molecule has 2 N–H and O–H groups in total. The van der Waals surface area contributed by atoms with Crippen molar-refractivity contribution in [1.82, 2.24) is 15.1 Å². The Morgan fingerprint density at radius 1 is 1.00 bits per heavy atom. The van der Waals surface area contributed by atoms with Crippen molar-refractivity contribution in [2.75, 3.05) is 49.5 Å². The molecule has 33 heavy (non-hydrogen) atoms. The number of carbonyl (C=O) groups is 3. The quantitative estimate of drug-likeness (QED) is 0.620. The molecule has 0 aliphatic carbocycles. The van der Waals surface area contributed by atoms with Gasteiger partial charge in [-0.1, -0.05) is 13.8 Å². The summed E-state index contributed by atoms with van der Waals surface area (Å²) in [7, 11) is 0. The molecule has 0 radical (unpaired) electrons. The summed E-state index contributed by atoms with van der Waals surface area (Å²) in [5, 5.41) is 5.90. The van der Waals surface area contributed by atoms with E-state index in [2.05, 4.69) is 15.5 Å². The van der Waals surface area contributed by atoms with Crippen LogP contribution in [-0.4, -0.2) is 73.0 Å². The van der Waals surface area contributed by atoms with Crippen molar-refractivity contribution in [3.63, 3.8) is 0 Å². The smallest absolute Gasteiger partial charge is 0.317 e. The Bertz CT molecular complexity index is 820. The first-order valence-corrected chi connectivity index (χ1v) is 12.2. The lowest BCUT2D eigenvalue weighted by molar-refractivity contribution is -0.116. The Hall–Kier alpha value is -2.77. The van der Waals surface area contributed by atoms with Gasteiger partial charge in [-0.25, -0.2) is 4.79 Å². The molecule has 1 aliphatic heterocycles. The summed E-state index contributed by atoms with van der Waals surface area (Å²) >= 11 is 0. The molecule has 0 aromatic heterocycles. The Morgan fingerprint density at radius 3 is 2.30 bits per heavy atom. The van der Waals surface area contributed by atoms with E-state index < -0.39 is 0 Å². The molecule has 0 atom stereocenters. The van der Waals surface area contributed by atoms with E-state index in [1.807, 2.05) is 58.6 Å². The number of amides is 4. The number of urea groups is 1. The maximum atomic E-state index is 13.4. The molecular weight excluding hydrogens is 418 g/mol. The monoisotopic (exact) mass is 459 g/mol. The van der Waals surface area contributed by atoms with E-state index in [0.29, 0.717) is 50.4 Å². The van der Waals surface area contributed by atoms with Crippen LogP contribution in [0.2, 0.25) is 0 Å². The molecule has 8 heteroatoms. The van der Waals surface area contributed by atoms with Gasteiger partial charge in [-0.2, -0.15) is 0 Å².